The second-order valence-corrected chi connectivity index (χ2v) is 5.59. The number of fused-ring (bicyclic) bond motifs is 1. The summed E-state index contributed by atoms with van der Waals surface area (Å²) in [5.74, 6) is -1.87. The highest BCUT2D eigenvalue weighted by Crippen LogP contribution is 2.29. The van der Waals surface area contributed by atoms with E-state index in [1.165, 1.54) is 25.2 Å². The highest BCUT2D eigenvalue weighted by molar-refractivity contribution is 7.86. The molecule has 0 atom stereocenters. The summed E-state index contributed by atoms with van der Waals surface area (Å²) in [5.41, 5.74) is -0.213. The largest absolute Gasteiger partial charge is 0.478 e. The van der Waals surface area contributed by atoms with Gasteiger partial charge in [-0.15, -0.1) is 0 Å². The lowest BCUT2D eigenvalue weighted by atomic mass is 9.98. The van der Waals surface area contributed by atoms with E-state index in [-0.39, 0.29) is 21.9 Å². The van der Waals surface area contributed by atoms with Gasteiger partial charge < -0.3 is 10.4 Å². The molecule has 0 bridgehead atoms. The highest BCUT2D eigenvalue weighted by atomic mass is 32.2. The average Bonchev–Trinajstić information content (AvgIpc) is 2.43. The van der Waals surface area contributed by atoms with Gasteiger partial charge in [-0.2, -0.15) is 8.42 Å². The molecule has 0 saturated carbocycles. The maximum Gasteiger partial charge on any atom is 0.336 e. The van der Waals surface area contributed by atoms with Crippen LogP contribution in [0.2, 0.25) is 0 Å². The standard InChI is InChI=1S/C13H11NO6S/c1-14-12(15)8-5-6-10(21(18,19)20)7-3-2-4-9(11(7)8)13(16)17/h2-6H,1H3,(H,14,15)(H,16,17)(H,18,19,20). The topological polar surface area (TPSA) is 121 Å². The maximum atomic E-state index is 11.8. The van der Waals surface area contributed by atoms with Crippen LogP contribution in [-0.4, -0.2) is 37.0 Å². The molecular weight excluding hydrogens is 298 g/mol. The number of rotatable bonds is 3. The average molecular weight is 309 g/mol. The van der Waals surface area contributed by atoms with Crippen molar-refractivity contribution in [3.63, 3.8) is 0 Å². The molecule has 0 saturated heterocycles. The third-order valence-corrected chi connectivity index (χ3v) is 3.89. The Morgan fingerprint density at radius 3 is 2.29 bits per heavy atom. The molecule has 0 aliphatic carbocycles. The predicted octanol–water partition coefficient (Wildman–Crippen LogP) is 1.14. The van der Waals surface area contributed by atoms with Gasteiger partial charge in [0.1, 0.15) is 4.90 Å². The molecule has 0 aliphatic heterocycles. The number of amides is 1. The predicted molar refractivity (Wildman–Crippen MR) is 74.1 cm³/mol. The molecule has 7 nitrogen and oxygen atoms in total. The van der Waals surface area contributed by atoms with Gasteiger partial charge in [0.25, 0.3) is 16.0 Å². The quantitative estimate of drug-likeness (QED) is 0.731. The van der Waals surface area contributed by atoms with E-state index in [1.807, 2.05) is 0 Å². The number of carboxylic acids is 1. The normalized spacial score (nSPS) is 11.3. The molecule has 0 aromatic heterocycles. The number of benzene rings is 2. The number of hydrogen-bond donors (Lipinski definition) is 3. The van der Waals surface area contributed by atoms with Gasteiger partial charge >= 0.3 is 5.97 Å². The van der Waals surface area contributed by atoms with E-state index >= 15 is 0 Å². The van der Waals surface area contributed by atoms with Crippen molar-refractivity contribution in [2.75, 3.05) is 7.05 Å². The van der Waals surface area contributed by atoms with Crippen molar-refractivity contribution in [2.24, 2.45) is 0 Å². The zero-order chi connectivity index (χ0) is 15.8. The van der Waals surface area contributed by atoms with E-state index in [2.05, 4.69) is 5.32 Å². The Morgan fingerprint density at radius 1 is 1.10 bits per heavy atom. The van der Waals surface area contributed by atoms with Crippen molar-refractivity contribution < 1.29 is 27.7 Å². The fourth-order valence-electron chi connectivity index (χ4n) is 2.11. The summed E-state index contributed by atoms with van der Waals surface area (Å²) in [4.78, 5) is 22.7. The molecule has 0 spiro atoms. The summed E-state index contributed by atoms with van der Waals surface area (Å²) in [6.45, 7) is 0. The Kier molecular flexibility index (Phi) is 3.67. The summed E-state index contributed by atoms with van der Waals surface area (Å²) in [6, 6.07) is 6.15. The van der Waals surface area contributed by atoms with Gasteiger partial charge in [-0.3, -0.25) is 9.35 Å². The summed E-state index contributed by atoms with van der Waals surface area (Å²) >= 11 is 0. The number of aromatic carboxylic acids is 1. The number of nitrogens with one attached hydrogen (secondary N) is 1. The molecule has 0 aliphatic rings. The third-order valence-electron chi connectivity index (χ3n) is 2.98. The fraction of sp³-hybridized carbons (Fsp3) is 0.0769. The van der Waals surface area contributed by atoms with Crippen LogP contribution in [0.5, 0.6) is 0 Å². The van der Waals surface area contributed by atoms with Crippen molar-refractivity contribution in [3.05, 3.63) is 41.5 Å². The van der Waals surface area contributed by atoms with Crippen LogP contribution >= 0.6 is 0 Å². The smallest absolute Gasteiger partial charge is 0.336 e. The van der Waals surface area contributed by atoms with E-state index in [9.17, 15) is 27.7 Å². The van der Waals surface area contributed by atoms with Crippen molar-refractivity contribution in [1.82, 2.24) is 5.32 Å². The molecule has 2 aromatic rings. The van der Waals surface area contributed by atoms with E-state index in [0.717, 1.165) is 12.1 Å². The van der Waals surface area contributed by atoms with Crippen molar-refractivity contribution in [2.45, 2.75) is 4.90 Å². The molecule has 8 heteroatoms. The van der Waals surface area contributed by atoms with Crippen molar-refractivity contribution in [3.8, 4) is 0 Å². The van der Waals surface area contributed by atoms with Crippen LogP contribution < -0.4 is 5.32 Å². The van der Waals surface area contributed by atoms with Gasteiger partial charge in [0.05, 0.1) is 5.56 Å². The molecule has 0 unspecified atom stereocenters. The Bertz CT molecular complexity index is 856. The van der Waals surface area contributed by atoms with Gasteiger partial charge in [0.2, 0.25) is 0 Å². The number of carboxylic acid groups (broad SMARTS) is 1. The number of hydrogen-bond acceptors (Lipinski definition) is 4. The van der Waals surface area contributed by atoms with Gasteiger partial charge in [0, 0.05) is 23.4 Å². The Hall–Kier alpha value is -2.45. The molecule has 0 fully saturated rings. The monoisotopic (exact) mass is 309 g/mol. The lowest BCUT2D eigenvalue weighted by Gasteiger charge is -2.11. The molecule has 110 valence electrons. The Balaban J connectivity index is 3.03. The van der Waals surface area contributed by atoms with Crippen molar-refractivity contribution in [1.29, 1.82) is 0 Å². The van der Waals surface area contributed by atoms with Crippen LogP contribution in [0.3, 0.4) is 0 Å². The van der Waals surface area contributed by atoms with E-state index in [1.54, 1.807) is 0 Å². The molecule has 0 radical (unpaired) electrons. The summed E-state index contributed by atoms with van der Waals surface area (Å²) in [7, 11) is -3.18. The lowest BCUT2D eigenvalue weighted by Crippen LogP contribution is -2.19. The molecular formula is C13H11NO6S. The van der Waals surface area contributed by atoms with Crippen LogP contribution in [0.1, 0.15) is 20.7 Å². The second-order valence-electron chi connectivity index (χ2n) is 4.20. The SMILES string of the molecule is CNC(=O)c1ccc(S(=O)(=O)O)c2cccc(C(=O)O)c12. The van der Waals surface area contributed by atoms with Crippen LogP contribution in [0.4, 0.5) is 0 Å². The van der Waals surface area contributed by atoms with Gasteiger partial charge in [-0.25, -0.2) is 4.79 Å². The van der Waals surface area contributed by atoms with Crippen LogP contribution in [0, 0.1) is 0 Å². The minimum Gasteiger partial charge on any atom is -0.478 e. The number of carbonyl (C=O) groups excluding carboxylic acids is 1. The van der Waals surface area contributed by atoms with Gasteiger partial charge in [0.15, 0.2) is 0 Å². The number of carbonyl (C=O) groups is 2. The molecule has 3 N–H and O–H groups in total. The summed E-state index contributed by atoms with van der Waals surface area (Å²) < 4.78 is 32.0. The second kappa shape index (κ2) is 5.15. The first-order chi connectivity index (χ1) is 9.77. The van der Waals surface area contributed by atoms with Crippen LogP contribution in [0.25, 0.3) is 10.8 Å². The first-order valence-electron chi connectivity index (χ1n) is 5.76. The third kappa shape index (κ3) is 2.58. The lowest BCUT2D eigenvalue weighted by molar-refractivity contribution is 0.0699. The van der Waals surface area contributed by atoms with Crippen molar-refractivity contribution >= 4 is 32.8 Å². The Morgan fingerprint density at radius 2 is 1.76 bits per heavy atom. The molecule has 2 aromatic carbocycles. The minimum atomic E-state index is -4.55. The van der Waals surface area contributed by atoms with Crippen LogP contribution in [0.15, 0.2) is 35.2 Å². The summed E-state index contributed by atoms with van der Waals surface area (Å²) in [5, 5.41) is 11.5. The zero-order valence-corrected chi connectivity index (χ0v) is 11.6. The van der Waals surface area contributed by atoms with Crippen LogP contribution in [-0.2, 0) is 10.1 Å². The molecule has 2 rings (SSSR count). The Labute approximate surface area is 120 Å². The maximum absolute atomic E-state index is 11.8. The molecule has 21 heavy (non-hydrogen) atoms. The van der Waals surface area contributed by atoms with Gasteiger partial charge in [-0.05, 0) is 18.2 Å². The van der Waals surface area contributed by atoms with E-state index in [0.29, 0.717) is 0 Å². The first-order valence-corrected chi connectivity index (χ1v) is 7.20. The minimum absolute atomic E-state index is 0.0119. The first kappa shape index (κ1) is 14.9. The zero-order valence-electron chi connectivity index (χ0n) is 10.8. The highest BCUT2D eigenvalue weighted by Gasteiger charge is 2.22. The summed E-state index contributed by atoms with van der Waals surface area (Å²) in [6.07, 6.45) is 0. The molecule has 0 heterocycles. The van der Waals surface area contributed by atoms with E-state index < -0.39 is 26.9 Å². The molecule has 1 amide bonds. The van der Waals surface area contributed by atoms with Gasteiger partial charge in [-0.1, -0.05) is 12.1 Å². The fourth-order valence-corrected chi connectivity index (χ4v) is 2.80. The van der Waals surface area contributed by atoms with E-state index in [4.69, 9.17) is 0 Å².